The molecule has 0 aliphatic heterocycles. The number of ether oxygens (including phenoxy) is 1. The Bertz CT molecular complexity index is 508. The number of anilines is 1. The quantitative estimate of drug-likeness (QED) is 0.879. The number of hydrogen-bond donors (Lipinski definition) is 1. The molecule has 1 heterocycles. The highest BCUT2D eigenvalue weighted by Crippen LogP contribution is 2.20. The Hall–Kier alpha value is -2.04. The van der Waals surface area contributed by atoms with Crippen LogP contribution < -0.4 is 10.1 Å². The van der Waals surface area contributed by atoms with E-state index >= 15 is 0 Å². The zero-order chi connectivity index (χ0) is 13.0. The van der Waals surface area contributed by atoms with Crippen LogP contribution in [0.1, 0.15) is 25.2 Å². The van der Waals surface area contributed by atoms with Gasteiger partial charge in [0.05, 0.1) is 7.11 Å². The molecular formula is C13H17N3O2. The molecule has 1 aromatic carbocycles. The second-order valence-electron chi connectivity index (χ2n) is 4.30. The monoisotopic (exact) mass is 247 g/mol. The van der Waals surface area contributed by atoms with Crippen LogP contribution in [0.4, 0.5) is 6.01 Å². The lowest BCUT2D eigenvalue weighted by molar-refractivity contribution is 0.407. The lowest BCUT2D eigenvalue weighted by Crippen LogP contribution is -2.09. The van der Waals surface area contributed by atoms with Crippen LogP contribution in [0.2, 0.25) is 0 Å². The van der Waals surface area contributed by atoms with Gasteiger partial charge in [-0.3, -0.25) is 0 Å². The molecule has 5 heteroatoms. The fraction of sp³-hybridized carbons (Fsp3) is 0.385. The molecule has 1 N–H and O–H groups in total. The maximum atomic E-state index is 5.29. The summed E-state index contributed by atoms with van der Waals surface area (Å²) >= 11 is 0. The van der Waals surface area contributed by atoms with Crippen LogP contribution in [-0.4, -0.2) is 23.3 Å². The molecule has 2 rings (SSSR count). The lowest BCUT2D eigenvalue weighted by Gasteiger charge is -2.05. The van der Waals surface area contributed by atoms with Crippen LogP contribution in [0.3, 0.4) is 0 Å². The van der Waals surface area contributed by atoms with E-state index in [9.17, 15) is 0 Å². The molecule has 0 spiro atoms. The van der Waals surface area contributed by atoms with Gasteiger partial charge in [-0.15, -0.1) is 0 Å². The van der Waals surface area contributed by atoms with Gasteiger partial charge in [-0.1, -0.05) is 23.4 Å². The molecular weight excluding hydrogens is 230 g/mol. The maximum absolute atomic E-state index is 5.29. The maximum Gasteiger partial charge on any atom is 0.321 e. The molecule has 2 aromatic rings. The third kappa shape index (κ3) is 3.00. The number of nitrogens with zero attached hydrogens (tertiary/aromatic N) is 2. The van der Waals surface area contributed by atoms with E-state index in [1.165, 1.54) is 0 Å². The fourth-order valence-corrected chi connectivity index (χ4v) is 1.65. The van der Waals surface area contributed by atoms with Crippen molar-refractivity contribution in [1.82, 2.24) is 10.1 Å². The second kappa shape index (κ2) is 5.53. The van der Waals surface area contributed by atoms with Crippen LogP contribution in [-0.2, 0) is 6.42 Å². The Morgan fingerprint density at radius 2 is 2.11 bits per heavy atom. The predicted molar refractivity (Wildman–Crippen MR) is 68.9 cm³/mol. The fourth-order valence-electron chi connectivity index (χ4n) is 1.65. The SMILES string of the molecule is COc1ccccc1Cc1noc(NC(C)C)n1. The Morgan fingerprint density at radius 3 is 2.83 bits per heavy atom. The summed E-state index contributed by atoms with van der Waals surface area (Å²) in [4.78, 5) is 4.28. The Kier molecular flexibility index (Phi) is 3.82. The smallest absolute Gasteiger partial charge is 0.321 e. The predicted octanol–water partition coefficient (Wildman–Crippen LogP) is 2.49. The normalized spacial score (nSPS) is 10.7. The van der Waals surface area contributed by atoms with E-state index in [1.807, 2.05) is 38.1 Å². The first-order valence-corrected chi connectivity index (χ1v) is 5.90. The first-order chi connectivity index (χ1) is 8.69. The van der Waals surface area contributed by atoms with Gasteiger partial charge in [-0.2, -0.15) is 4.98 Å². The molecule has 1 aromatic heterocycles. The van der Waals surface area contributed by atoms with Crippen LogP contribution in [0.25, 0.3) is 0 Å². The molecule has 0 atom stereocenters. The lowest BCUT2D eigenvalue weighted by atomic mass is 10.1. The van der Waals surface area contributed by atoms with Gasteiger partial charge in [-0.25, -0.2) is 0 Å². The largest absolute Gasteiger partial charge is 0.496 e. The number of aromatic nitrogens is 2. The minimum absolute atomic E-state index is 0.268. The number of nitrogens with one attached hydrogen (secondary N) is 1. The van der Waals surface area contributed by atoms with Gasteiger partial charge in [0.15, 0.2) is 5.82 Å². The molecule has 18 heavy (non-hydrogen) atoms. The van der Waals surface area contributed by atoms with Crippen molar-refractivity contribution in [3.63, 3.8) is 0 Å². The zero-order valence-corrected chi connectivity index (χ0v) is 10.8. The average molecular weight is 247 g/mol. The van der Waals surface area contributed by atoms with Crippen LogP contribution >= 0.6 is 0 Å². The molecule has 0 aliphatic carbocycles. The number of benzene rings is 1. The summed E-state index contributed by atoms with van der Waals surface area (Å²) < 4.78 is 10.4. The summed E-state index contributed by atoms with van der Waals surface area (Å²) in [6.45, 7) is 4.04. The number of rotatable bonds is 5. The van der Waals surface area contributed by atoms with Crippen molar-refractivity contribution in [3.8, 4) is 5.75 Å². The van der Waals surface area contributed by atoms with Gasteiger partial charge < -0.3 is 14.6 Å². The Labute approximate surface area is 106 Å². The molecule has 0 saturated carbocycles. The number of para-hydroxylation sites is 1. The van der Waals surface area contributed by atoms with E-state index in [0.717, 1.165) is 11.3 Å². The van der Waals surface area contributed by atoms with E-state index in [-0.39, 0.29) is 6.04 Å². The summed E-state index contributed by atoms with van der Waals surface area (Å²) in [7, 11) is 1.65. The summed E-state index contributed by atoms with van der Waals surface area (Å²) in [6, 6.07) is 8.53. The van der Waals surface area contributed by atoms with Crippen molar-refractivity contribution in [3.05, 3.63) is 35.7 Å². The zero-order valence-electron chi connectivity index (χ0n) is 10.8. The van der Waals surface area contributed by atoms with E-state index in [4.69, 9.17) is 9.26 Å². The topological polar surface area (TPSA) is 60.2 Å². The van der Waals surface area contributed by atoms with Crippen LogP contribution in [0, 0.1) is 0 Å². The molecule has 0 saturated heterocycles. The standard InChI is InChI=1S/C13H17N3O2/c1-9(2)14-13-15-12(16-18-13)8-10-6-4-5-7-11(10)17-3/h4-7,9H,8H2,1-3H3,(H,14,15,16). The molecule has 0 fully saturated rings. The summed E-state index contributed by atoms with van der Waals surface area (Å²) in [5.41, 5.74) is 1.04. The summed E-state index contributed by atoms with van der Waals surface area (Å²) in [5.74, 6) is 1.48. The van der Waals surface area contributed by atoms with E-state index in [1.54, 1.807) is 7.11 Å². The number of methoxy groups -OCH3 is 1. The highest BCUT2D eigenvalue weighted by Gasteiger charge is 2.10. The first-order valence-electron chi connectivity index (χ1n) is 5.90. The molecule has 5 nitrogen and oxygen atoms in total. The molecule has 96 valence electrons. The summed E-state index contributed by atoms with van der Waals surface area (Å²) in [5, 5.41) is 7.00. The Balaban J connectivity index is 2.11. The molecule has 0 amide bonds. The van der Waals surface area contributed by atoms with E-state index < -0.39 is 0 Å². The van der Waals surface area contributed by atoms with Crippen molar-refractivity contribution in [2.24, 2.45) is 0 Å². The van der Waals surface area contributed by atoms with Crippen LogP contribution in [0.15, 0.2) is 28.8 Å². The van der Waals surface area contributed by atoms with Gasteiger partial charge in [0.2, 0.25) is 0 Å². The summed E-state index contributed by atoms with van der Waals surface area (Å²) in [6.07, 6.45) is 0.591. The van der Waals surface area contributed by atoms with Crippen molar-refractivity contribution in [2.75, 3.05) is 12.4 Å². The Morgan fingerprint density at radius 1 is 1.33 bits per heavy atom. The van der Waals surface area contributed by atoms with Crippen molar-refractivity contribution >= 4 is 6.01 Å². The van der Waals surface area contributed by atoms with Crippen LogP contribution in [0.5, 0.6) is 5.75 Å². The van der Waals surface area contributed by atoms with Gasteiger partial charge >= 0.3 is 6.01 Å². The minimum Gasteiger partial charge on any atom is -0.496 e. The van der Waals surface area contributed by atoms with Gasteiger partial charge in [-0.05, 0) is 19.9 Å². The third-order valence-corrected chi connectivity index (χ3v) is 2.42. The van der Waals surface area contributed by atoms with Crippen molar-refractivity contribution < 1.29 is 9.26 Å². The first kappa shape index (κ1) is 12.4. The minimum atomic E-state index is 0.268. The molecule has 0 aliphatic rings. The second-order valence-corrected chi connectivity index (χ2v) is 4.30. The highest BCUT2D eigenvalue weighted by molar-refractivity contribution is 5.35. The number of hydrogen-bond acceptors (Lipinski definition) is 5. The third-order valence-electron chi connectivity index (χ3n) is 2.42. The highest BCUT2D eigenvalue weighted by atomic mass is 16.5. The molecule has 0 bridgehead atoms. The van der Waals surface area contributed by atoms with Gasteiger partial charge in [0.1, 0.15) is 5.75 Å². The molecule has 0 unspecified atom stereocenters. The molecule has 0 radical (unpaired) electrons. The van der Waals surface area contributed by atoms with Crippen molar-refractivity contribution in [2.45, 2.75) is 26.3 Å². The van der Waals surface area contributed by atoms with E-state index in [0.29, 0.717) is 18.3 Å². The van der Waals surface area contributed by atoms with Gasteiger partial charge in [0.25, 0.3) is 0 Å². The van der Waals surface area contributed by atoms with Crippen molar-refractivity contribution in [1.29, 1.82) is 0 Å². The van der Waals surface area contributed by atoms with Gasteiger partial charge in [0, 0.05) is 18.0 Å². The average Bonchev–Trinajstić information content (AvgIpc) is 2.76. The van der Waals surface area contributed by atoms with E-state index in [2.05, 4.69) is 15.5 Å².